The molecule has 0 fully saturated rings. The van der Waals surface area contributed by atoms with Gasteiger partial charge >= 0.3 is 0 Å². The molecule has 24 heavy (non-hydrogen) atoms. The molecule has 0 bridgehead atoms. The van der Waals surface area contributed by atoms with Crippen molar-refractivity contribution in [3.63, 3.8) is 0 Å². The number of carbonyl (C=O) groups is 1. The Hall–Kier alpha value is -2.91. The normalized spacial score (nSPS) is 10.7. The molecule has 4 rings (SSSR count). The summed E-state index contributed by atoms with van der Waals surface area (Å²) in [6, 6.07) is 25.9. The van der Waals surface area contributed by atoms with E-state index in [-0.39, 0.29) is 5.91 Å². The standard InChI is InChI=1S/C21H15NOS/c23-21(17-9-7-16(8-10-17)20-6-3-13-24-20)22-19-12-11-15-4-1-2-5-18(15)14-19/h1-14H,(H,22,23). The third-order valence-corrected chi connectivity index (χ3v) is 4.88. The average Bonchev–Trinajstić information content (AvgIpc) is 3.16. The van der Waals surface area contributed by atoms with E-state index in [4.69, 9.17) is 0 Å². The molecule has 0 unspecified atom stereocenters. The molecule has 0 aliphatic heterocycles. The maximum absolute atomic E-state index is 12.4. The van der Waals surface area contributed by atoms with Crippen LogP contribution in [0, 0.1) is 0 Å². The summed E-state index contributed by atoms with van der Waals surface area (Å²) in [6.07, 6.45) is 0. The highest BCUT2D eigenvalue weighted by Crippen LogP contribution is 2.25. The smallest absolute Gasteiger partial charge is 0.255 e. The van der Waals surface area contributed by atoms with E-state index in [1.807, 2.05) is 66.7 Å². The van der Waals surface area contributed by atoms with Crippen LogP contribution >= 0.6 is 11.3 Å². The Balaban J connectivity index is 1.54. The highest BCUT2D eigenvalue weighted by molar-refractivity contribution is 7.13. The number of fused-ring (bicyclic) bond motifs is 1. The van der Waals surface area contributed by atoms with Crippen molar-refractivity contribution in [3.8, 4) is 10.4 Å². The summed E-state index contributed by atoms with van der Waals surface area (Å²) in [7, 11) is 0. The van der Waals surface area contributed by atoms with Crippen LogP contribution in [-0.2, 0) is 0 Å². The molecule has 4 aromatic rings. The van der Waals surface area contributed by atoms with Gasteiger partial charge in [0.05, 0.1) is 0 Å². The summed E-state index contributed by atoms with van der Waals surface area (Å²) in [5.41, 5.74) is 2.59. The van der Waals surface area contributed by atoms with Crippen molar-refractivity contribution in [1.29, 1.82) is 0 Å². The van der Waals surface area contributed by atoms with Gasteiger partial charge in [0, 0.05) is 16.1 Å². The molecule has 0 aliphatic rings. The molecule has 116 valence electrons. The number of carbonyl (C=O) groups excluding carboxylic acids is 1. The third-order valence-electron chi connectivity index (χ3n) is 3.96. The molecule has 3 aromatic carbocycles. The molecular formula is C21H15NOS. The molecule has 1 N–H and O–H groups in total. The molecule has 0 spiro atoms. The van der Waals surface area contributed by atoms with E-state index in [2.05, 4.69) is 22.8 Å². The molecule has 0 radical (unpaired) electrons. The van der Waals surface area contributed by atoms with Gasteiger partial charge in [-0.1, -0.05) is 48.5 Å². The zero-order chi connectivity index (χ0) is 16.4. The molecule has 1 amide bonds. The van der Waals surface area contributed by atoms with Crippen LogP contribution in [0.3, 0.4) is 0 Å². The lowest BCUT2D eigenvalue weighted by atomic mass is 10.1. The van der Waals surface area contributed by atoms with Crippen molar-refractivity contribution < 1.29 is 4.79 Å². The summed E-state index contributed by atoms with van der Waals surface area (Å²) in [6.45, 7) is 0. The number of rotatable bonds is 3. The lowest BCUT2D eigenvalue weighted by Gasteiger charge is -2.07. The highest BCUT2D eigenvalue weighted by atomic mass is 32.1. The number of thiophene rings is 1. The van der Waals surface area contributed by atoms with Crippen molar-refractivity contribution in [2.75, 3.05) is 5.32 Å². The van der Waals surface area contributed by atoms with Gasteiger partial charge in [0.1, 0.15) is 0 Å². The van der Waals surface area contributed by atoms with Crippen LogP contribution in [0.15, 0.2) is 84.2 Å². The van der Waals surface area contributed by atoms with Gasteiger partial charge < -0.3 is 5.32 Å². The van der Waals surface area contributed by atoms with E-state index in [9.17, 15) is 4.79 Å². The zero-order valence-electron chi connectivity index (χ0n) is 12.9. The number of hydrogen-bond donors (Lipinski definition) is 1. The first-order valence-corrected chi connectivity index (χ1v) is 8.62. The second-order valence-electron chi connectivity index (χ2n) is 5.57. The maximum atomic E-state index is 12.4. The highest BCUT2D eigenvalue weighted by Gasteiger charge is 2.07. The largest absolute Gasteiger partial charge is 0.322 e. The van der Waals surface area contributed by atoms with Gasteiger partial charge in [-0.15, -0.1) is 11.3 Å². The van der Waals surface area contributed by atoms with Gasteiger partial charge in [-0.3, -0.25) is 4.79 Å². The van der Waals surface area contributed by atoms with Gasteiger partial charge in [0.15, 0.2) is 0 Å². The molecule has 0 aliphatic carbocycles. The number of amides is 1. The molecule has 0 saturated carbocycles. The second-order valence-corrected chi connectivity index (χ2v) is 6.52. The quantitative estimate of drug-likeness (QED) is 0.504. The van der Waals surface area contributed by atoms with Crippen LogP contribution in [0.25, 0.3) is 21.2 Å². The fourth-order valence-electron chi connectivity index (χ4n) is 2.70. The van der Waals surface area contributed by atoms with E-state index in [1.165, 1.54) is 4.88 Å². The predicted octanol–water partition coefficient (Wildman–Crippen LogP) is 5.82. The number of hydrogen-bond acceptors (Lipinski definition) is 2. The van der Waals surface area contributed by atoms with Crippen molar-refractivity contribution in [3.05, 3.63) is 89.8 Å². The van der Waals surface area contributed by atoms with Crippen LogP contribution in [0.1, 0.15) is 10.4 Å². The first kappa shape index (κ1) is 14.7. The summed E-state index contributed by atoms with van der Waals surface area (Å²) in [4.78, 5) is 13.6. The van der Waals surface area contributed by atoms with Gasteiger partial charge in [0.2, 0.25) is 0 Å². The second kappa shape index (κ2) is 6.30. The minimum atomic E-state index is -0.0944. The fraction of sp³-hybridized carbons (Fsp3) is 0. The van der Waals surface area contributed by atoms with E-state index in [0.29, 0.717) is 5.56 Å². The van der Waals surface area contributed by atoms with E-state index in [1.54, 1.807) is 11.3 Å². The minimum Gasteiger partial charge on any atom is -0.322 e. The number of nitrogens with one attached hydrogen (secondary N) is 1. The lowest BCUT2D eigenvalue weighted by molar-refractivity contribution is 0.102. The Morgan fingerprint density at radius 3 is 2.33 bits per heavy atom. The van der Waals surface area contributed by atoms with Crippen molar-refractivity contribution in [2.24, 2.45) is 0 Å². The first-order chi connectivity index (χ1) is 11.8. The first-order valence-electron chi connectivity index (χ1n) is 7.74. The maximum Gasteiger partial charge on any atom is 0.255 e. The lowest BCUT2D eigenvalue weighted by Crippen LogP contribution is -2.11. The van der Waals surface area contributed by atoms with Crippen LogP contribution in [0.4, 0.5) is 5.69 Å². The third kappa shape index (κ3) is 2.94. The molecular weight excluding hydrogens is 314 g/mol. The van der Waals surface area contributed by atoms with Crippen LogP contribution in [0.2, 0.25) is 0 Å². The summed E-state index contributed by atoms with van der Waals surface area (Å²) >= 11 is 1.69. The summed E-state index contributed by atoms with van der Waals surface area (Å²) < 4.78 is 0. The van der Waals surface area contributed by atoms with Gasteiger partial charge in [-0.25, -0.2) is 0 Å². The fourth-order valence-corrected chi connectivity index (χ4v) is 3.43. The van der Waals surface area contributed by atoms with Gasteiger partial charge in [0.25, 0.3) is 5.91 Å². The molecule has 1 aromatic heterocycles. The number of anilines is 1. The van der Waals surface area contributed by atoms with Crippen molar-refractivity contribution >= 4 is 33.7 Å². The summed E-state index contributed by atoms with van der Waals surface area (Å²) in [5, 5.41) is 7.30. The number of benzene rings is 3. The topological polar surface area (TPSA) is 29.1 Å². The van der Waals surface area contributed by atoms with E-state index < -0.39 is 0 Å². The Labute approximate surface area is 144 Å². The van der Waals surface area contributed by atoms with E-state index >= 15 is 0 Å². The molecule has 0 atom stereocenters. The molecule has 1 heterocycles. The Morgan fingerprint density at radius 2 is 1.58 bits per heavy atom. The van der Waals surface area contributed by atoms with Crippen LogP contribution < -0.4 is 5.32 Å². The van der Waals surface area contributed by atoms with Gasteiger partial charge in [-0.2, -0.15) is 0 Å². The van der Waals surface area contributed by atoms with Crippen LogP contribution in [-0.4, -0.2) is 5.91 Å². The predicted molar refractivity (Wildman–Crippen MR) is 102 cm³/mol. The Bertz CT molecular complexity index is 988. The SMILES string of the molecule is O=C(Nc1ccc2ccccc2c1)c1ccc(-c2cccs2)cc1. The van der Waals surface area contributed by atoms with E-state index in [0.717, 1.165) is 22.0 Å². The van der Waals surface area contributed by atoms with Crippen LogP contribution in [0.5, 0.6) is 0 Å². The minimum absolute atomic E-state index is 0.0944. The Kier molecular flexibility index (Phi) is 3.85. The Morgan fingerprint density at radius 1 is 0.792 bits per heavy atom. The zero-order valence-corrected chi connectivity index (χ0v) is 13.7. The van der Waals surface area contributed by atoms with Gasteiger partial charge in [-0.05, 0) is 52.0 Å². The summed E-state index contributed by atoms with van der Waals surface area (Å²) in [5.74, 6) is -0.0944. The monoisotopic (exact) mass is 329 g/mol. The average molecular weight is 329 g/mol. The molecule has 0 saturated heterocycles. The van der Waals surface area contributed by atoms with Crippen molar-refractivity contribution in [2.45, 2.75) is 0 Å². The van der Waals surface area contributed by atoms with Crippen molar-refractivity contribution in [1.82, 2.24) is 0 Å². The molecule has 2 nitrogen and oxygen atoms in total. The molecule has 3 heteroatoms.